The minimum atomic E-state index is 0.150. The van der Waals surface area contributed by atoms with Crippen molar-refractivity contribution in [1.82, 2.24) is 14.7 Å². The Balaban J connectivity index is 1.82. The van der Waals surface area contributed by atoms with E-state index in [-0.39, 0.29) is 5.91 Å². The summed E-state index contributed by atoms with van der Waals surface area (Å²) >= 11 is 0. The van der Waals surface area contributed by atoms with Crippen LogP contribution in [-0.4, -0.2) is 33.7 Å². The highest BCUT2D eigenvalue weighted by atomic mass is 16.2. The second kappa shape index (κ2) is 6.78. The van der Waals surface area contributed by atoms with Crippen molar-refractivity contribution in [2.24, 2.45) is 0 Å². The lowest BCUT2D eigenvalue weighted by molar-refractivity contribution is -0.129. The Morgan fingerprint density at radius 1 is 1.23 bits per heavy atom. The molecule has 1 atom stereocenters. The molecule has 0 saturated carbocycles. The number of amides is 1. The van der Waals surface area contributed by atoms with Gasteiger partial charge in [-0.1, -0.05) is 25.1 Å². The van der Waals surface area contributed by atoms with Crippen LogP contribution in [0.2, 0.25) is 0 Å². The van der Waals surface area contributed by atoms with E-state index < -0.39 is 0 Å². The van der Waals surface area contributed by atoms with Gasteiger partial charge in [-0.15, -0.1) is 0 Å². The second-order valence-electron chi connectivity index (χ2n) is 7.53. The van der Waals surface area contributed by atoms with Gasteiger partial charge in [-0.25, -0.2) is 0 Å². The molecule has 2 aliphatic heterocycles. The molecule has 0 spiro atoms. The molecule has 1 unspecified atom stereocenters. The average Bonchev–Trinajstić information content (AvgIpc) is 3.05. The Labute approximate surface area is 155 Å². The van der Waals surface area contributed by atoms with Gasteiger partial charge in [-0.2, -0.15) is 5.10 Å². The van der Waals surface area contributed by atoms with E-state index in [1.54, 1.807) is 6.92 Å². The topological polar surface area (TPSA) is 41.4 Å². The highest BCUT2D eigenvalue weighted by molar-refractivity contribution is 5.75. The van der Waals surface area contributed by atoms with Crippen LogP contribution in [-0.2, 0) is 24.2 Å². The Hall–Kier alpha value is -2.30. The summed E-state index contributed by atoms with van der Waals surface area (Å²) in [5, 5.41) is 5.08. The summed E-state index contributed by atoms with van der Waals surface area (Å²) in [6.07, 6.45) is 4.21. The number of carbonyl (C=O) groups is 1. The number of anilines is 2. The standard InChI is InChI=1S/C21H28N4O/c1-4-15(2)25-20-11-13-23(16(3)26)14-18(20)21(22-25)24-12-7-9-17-8-5-6-10-19(17)24/h5-6,8,10,15H,4,7,9,11-14H2,1-3H3. The van der Waals surface area contributed by atoms with Crippen LogP contribution in [0.5, 0.6) is 0 Å². The number of rotatable bonds is 3. The first kappa shape index (κ1) is 17.1. The molecule has 4 rings (SSSR count). The van der Waals surface area contributed by atoms with Gasteiger partial charge >= 0.3 is 0 Å². The van der Waals surface area contributed by atoms with Crippen LogP contribution < -0.4 is 4.90 Å². The van der Waals surface area contributed by atoms with Gasteiger partial charge in [0.15, 0.2) is 5.82 Å². The summed E-state index contributed by atoms with van der Waals surface area (Å²) in [5.41, 5.74) is 5.22. The van der Waals surface area contributed by atoms with Crippen LogP contribution in [0.4, 0.5) is 11.5 Å². The number of aryl methyl sites for hydroxylation is 1. The third-order valence-corrected chi connectivity index (χ3v) is 5.88. The number of hydrogen-bond acceptors (Lipinski definition) is 3. The number of benzene rings is 1. The summed E-state index contributed by atoms with van der Waals surface area (Å²) in [6.45, 7) is 8.56. The first-order valence-electron chi connectivity index (χ1n) is 9.81. The molecule has 138 valence electrons. The van der Waals surface area contributed by atoms with Crippen LogP contribution >= 0.6 is 0 Å². The maximum Gasteiger partial charge on any atom is 0.219 e. The summed E-state index contributed by atoms with van der Waals surface area (Å²) in [6, 6.07) is 9.03. The van der Waals surface area contributed by atoms with E-state index in [9.17, 15) is 4.79 Å². The number of fused-ring (bicyclic) bond motifs is 2. The molecule has 2 aliphatic rings. The van der Waals surface area contributed by atoms with E-state index in [1.807, 2.05) is 4.90 Å². The predicted molar refractivity (Wildman–Crippen MR) is 104 cm³/mol. The van der Waals surface area contributed by atoms with Gasteiger partial charge < -0.3 is 9.80 Å². The van der Waals surface area contributed by atoms with E-state index in [2.05, 4.69) is 47.7 Å². The van der Waals surface area contributed by atoms with Gasteiger partial charge in [-0.3, -0.25) is 9.48 Å². The molecule has 5 nitrogen and oxygen atoms in total. The van der Waals surface area contributed by atoms with E-state index in [4.69, 9.17) is 5.10 Å². The Morgan fingerprint density at radius 3 is 2.81 bits per heavy atom. The van der Waals surface area contributed by atoms with Crippen LogP contribution in [0.25, 0.3) is 0 Å². The lowest BCUT2D eigenvalue weighted by atomic mass is 10.00. The smallest absolute Gasteiger partial charge is 0.219 e. The molecule has 0 radical (unpaired) electrons. The highest BCUT2D eigenvalue weighted by Crippen LogP contribution is 2.38. The summed E-state index contributed by atoms with van der Waals surface area (Å²) in [4.78, 5) is 16.3. The predicted octanol–water partition coefficient (Wildman–Crippen LogP) is 3.84. The van der Waals surface area contributed by atoms with Crippen molar-refractivity contribution in [3.63, 3.8) is 0 Å². The minimum absolute atomic E-state index is 0.150. The lowest BCUT2D eigenvalue weighted by Gasteiger charge is -2.32. The monoisotopic (exact) mass is 352 g/mol. The second-order valence-corrected chi connectivity index (χ2v) is 7.53. The minimum Gasteiger partial charge on any atom is -0.338 e. The first-order chi connectivity index (χ1) is 12.6. The molecule has 0 saturated heterocycles. The lowest BCUT2D eigenvalue weighted by Crippen LogP contribution is -2.35. The average molecular weight is 352 g/mol. The fourth-order valence-corrected chi connectivity index (χ4v) is 4.21. The van der Waals surface area contributed by atoms with Gasteiger partial charge in [0.25, 0.3) is 0 Å². The zero-order valence-electron chi connectivity index (χ0n) is 16.0. The molecule has 0 fully saturated rings. The van der Waals surface area contributed by atoms with E-state index in [0.29, 0.717) is 12.6 Å². The molecule has 2 aromatic rings. The van der Waals surface area contributed by atoms with Crippen molar-refractivity contribution < 1.29 is 4.79 Å². The van der Waals surface area contributed by atoms with Gasteiger partial charge in [0.05, 0.1) is 6.54 Å². The maximum absolute atomic E-state index is 12.0. The van der Waals surface area contributed by atoms with Crippen molar-refractivity contribution in [2.45, 2.75) is 59.0 Å². The van der Waals surface area contributed by atoms with Gasteiger partial charge in [-0.05, 0) is 37.8 Å². The van der Waals surface area contributed by atoms with Gasteiger partial charge in [0, 0.05) is 49.4 Å². The summed E-state index contributed by atoms with van der Waals surface area (Å²) in [7, 11) is 0. The van der Waals surface area contributed by atoms with Crippen LogP contribution in [0.3, 0.4) is 0 Å². The van der Waals surface area contributed by atoms with Crippen molar-refractivity contribution in [3.05, 3.63) is 41.1 Å². The van der Waals surface area contributed by atoms with Crippen molar-refractivity contribution in [1.29, 1.82) is 0 Å². The molecule has 26 heavy (non-hydrogen) atoms. The molecule has 0 aliphatic carbocycles. The Bertz CT molecular complexity index is 825. The Morgan fingerprint density at radius 2 is 2.04 bits per heavy atom. The largest absolute Gasteiger partial charge is 0.338 e. The number of nitrogens with zero attached hydrogens (tertiary/aromatic N) is 4. The third kappa shape index (κ3) is 2.79. The zero-order chi connectivity index (χ0) is 18.3. The summed E-state index contributed by atoms with van der Waals surface area (Å²) < 4.78 is 2.22. The maximum atomic E-state index is 12.0. The fourth-order valence-electron chi connectivity index (χ4n) is 4.21. The molecule has 1 aromatic carbocycles. The molecule has 5 heteroatoms. The molecular formula is C21H28N4O. The number of para-hydroxylation sites is 1. The quantitative estimate of drug-likeness (QED) is 0.843. The zero-order valence-corrected chi connectivity index (χ0v) is 16.0. The van der Waals surface area contributed by atoms with Crippen molar-refractivity contribution >= 4 is 17.4 Å². The van der Waals surface area contributed by atoms with E-state index >= 15 is 0 Å². The van der Waals surface area contributed by atoms with Gasteiger partial charge in [0.1, 0.15) is 0 Å². The normalized spacial score (nSPS) is 17.7. The molecule has 1 aromatic heterocycles. The number of carbonyl (C=O) groups excluding carboxylic acids is 1. The first-order valence-corrected chi connectivity index (χ1v) is 9.81. The van der Waals surface area contributed by atoms with E-state index in [0.717, 1.165) is 44.6 Å². The van der Waals surface area contributed by atoms with Crippen LogP contribution in [0.1, 0.15) is 56.5 Å². The summed E-state index contributed by atoms with van der Waals surface area (Å²) in [5.74, 6) is 1.20. The van der Waals surface area contributed by atoms with E-state index in [1.165, 1.54) is 22.5 Å². The van der Waals surface area contributed by atoms with Crippen LogP contribution in [0.15, 0.2) is 24.3 Å². The third-order valence-electron chi connectivity index (χ3n) is 5.88. The molecular weight excluding hydrogens is 324 g/mol. The Kier molecular flexibility index (Phi) is 4.47. The molecule has 0 bridgehead atoms. The number of aromatic nitrogens is 2. The fraction of sp³-hybridized carbons (Fsp3) is 0.524. The van der Waals surface area contributed by atoms with Crippen LogP contribution in [0, 0.1) is 0 Å². The van der Waals surface area contributed by atoms with Crippen molar-refractivity contribution in [2.75, 3.05) is 18.0 Å². The van der Waals surface area contributed by atoms with Gasteiger partial charge in [0.2, 0.25) is 5.91 Å². The highest BCUT2D eigenvalue weighted by Gasteiger charge is 2.31. The van der Waals surface area contributed by atoms with Crippen molar-refractivity contribution in [3.8, 4) is 0 Å². The molecule has 3 heterocycles. The number of hydrogen-bond donors (Lipinski definition) is 0. The SMILES string of the molecule is CCC(C)n1nc(N2CCCc3ccccc32)c2c1CCN(C(C)=O)C2. The molecule has 0 N–H and O–H groups in total. The molecule has 1 amide bonds.